The van der Waals surface area contributed by atoms with Gasteiger partial charge in [-0.1, -0.05) is 48.5 Å². The molecule has 0 aliphatic heterocycles. The van der Waals surface area contributed by atoms with Crippen molar-refractivity contribution in [2.45, 2.75) is 13.1 Å². The molecule has 0 bridgehead atoms. The molecule has 0 saturated carbocycles. The van der Waals surface area contributed by atoms with Crippen molar-refractivity contribution in [3.63, 3.8) is 0 Å². The zero-order valence-corrected chi connectivity index (χ0v) is 12.0. The predicted octanol–water partition coefficient (Wildman–Crippen LogP) is 2.66. The standard InChI is InChI=1S/C17H22N2O/c1-20-17-10-6-5-9-16(17)14-19(12-11-18)13-15-7-3-2-4-8-15/h2-10H,11-14,18H2,1H3. The van der Waals surface area contributed by atoms with Crippen LogP contribution in [0.5, 0.6) is 5.75 Å². The van der Waals surface area contributed by atoms with Gasteiger partial charge in [0.1, 0.15) is 5.75 Å². The average molecular weight is 270 g/mol. The lowest BCUT2D eigenvalue weighted by Crippen LogP contribution is -2.28. The number of nitrogens with two attached hydrogens (primary N) is 1. The Hall–Kier alpha value is -1.84. The first-order valence-corrected chi connectivity index (χ1v) is 6.91. The van der Waals surface area contributed by atoms with Gasteiger partial charge in [-0.15, -0.1) is 0 Å². The first kappa shape index (κ1) is 14.6. The molecule has 2 aromatic carbocycles. The van der Waals surface area contributed by atoms with Gasteiger partial charge < -0.3 is 10.5 Å². The number of rotatable bonds is 7. The Morgan fingerprint density at radius 2 is 1.65 bits per heavy atom. The average Bonchev–Trinajstić information content (AvgIpc) is 2.49. The minimum Gasteiger partial charge on any atom is -0.496 e. The molecule has 3 nitrogen and oxygen atoms in total. The second-order valence-corrected chi connectivity index (χ2v) is 4.80. The van der Waals surface area contributed by atoms with Crippen LogP contribution in [0.4, 0.5) is 0 Å². The molecule has 106 valence electrons. The fourth-order valence-electron chi connectivity index (χ4n) is 2.31. The molecular weight excluding hydrogens is 248 g/mol. The fraction of sp³-hybridized carbons (Fsp3) is 0.294. The van der Waals surface area contributed by atoms with Gasteiger partial charge in [0.2, 0.25) is 0 Å². The molecule has 0 heterocycles. The highest BCUT2D eigenvalue weighted by Gasteiger charge is 2.09. The number of hydrogen-bond acceptors (Lipinski definition) is 3. The summed E-state index contributed by atoms with van der Waals surface area (Å²) < 4.78 is 5.42. The first-order chi connectivity index (χ1) is 9.83. The molecule has 0 radical (unpaired) electrons. The van der Waals surface area contributed by atoms with Crippen molar-refractivity contribution >= 4 is 0 Å². The summed E-state index contributed by atoms with van der Waals surface area (Å²) in [6.07, 6.45) is 0. The van der Waals surface area contributed by atoms with E-state index in [1.165, 1.54) is 11.1 Å². The van der Waals surface area contributed by atoms with E-state index in [0.717, 1.165) is 25.4 Å². The number of hydrogen-bond donors (Lipinski definition) is 1. The zero-order valence-electron chi connectivity index (χ0n) is 12.0. The summed E-state index contributed by atoms with van der Waals surface area (Å²) in [6.45, 7) is 3.27. The van der Waals surface area contributed by atoms with Crippen molar-refractivity contribution in [2.75, 3.05) is 20.2 Å². The maximum Gasteiger partial charge on any atom is 0.123 e. The Morgan fingerprint density at radius 1 is 0.950 bits per heavy atom. The molecule has 20 heavy (non-hydrogen) atoms. The maximum atomic E-state index is 5.73. The zero-order chi connectivity index (χ0) is 14.2. The molecule has 0 spiro atoms. The monoisotopic (exact) mass is 270 g/mol. The van der Waals surface area contributed by atoms with Crippen molar-refractivity contribution in [3.05, 3.63) is 65.7 Å². The van der Waals surface area contributed by atoms with Crippen LogP contribution in [0.15, 0.2) is 54.6 Å². The van der Waals surface area contributed by atoms with Gasteiger partial charge >= 0.3 is 0 Å². The van der Waals surface area contributed by atoms with Crippen LogP contribution in [0.1, 0.15) is 11.1 Å². The molecule has 0 atom stereocenters. The van der Waals surface area contributed by atoms with Gasteiger partial charge in [0.25, 0.3) is 0 Å². The molecular formula is C17H22N2O. The lowest BCUT2D eigenvalue weighted by Gasteiger charge is -2.22. The van der Waals surface area contributed by atoms with E-state index in [1.807, 2.05) is 24.3 Å². The molecule has 2 rings (SSSR count). The van der Waals surface area contributed by atoms with Gasteiger partial charge in [-0.05, 0) is 11.6 Å². The number of nitrogens with zero attached hydrogens (tertiary/aromatic N) is 1. The number of ether oxygens (including phenoxy) is 1. The molecule has 0 aromatic heterocycles. The van der Waals surface area contributed by atoms with E-state index >= 15 is 0 Å². The highest BCUT2D eigenvalue weighted by Crippen LogP contribution is 2.20. The molecule has 0 aliphatic rings. The second kappa shape index (κ2) is 7.68. The largest absolute Gasteiger partial charge is 0.496 e. The smallest absolute Gasteiger partial charge is 0.123 e. The SMILES string of the molecule is COc1ccccc1CN(CCN)Cc1ccccc1. The third kappa shape index (κ3) is 4.08. The molecule has 0 aliphatic carbocycles. The van der Waals surface area contributed by atoms with E-state index in [-0.39, 0.29) is 0 Å². The van der Waals surface area contributed by atoms with E-state index in [0.29, 0.717) is 6.54 Å². The molecule has 2 aromatic rings. The summed E-state index contributed by atoms with van der Waals surface area (Å²) in [7, 11) is 1.71. The third-order valence-corrected chi connectivity index (χ3v) is 3.28. The van der Waals surface area contributed by atoms with Crippen molar-refractivity contribution < 1.29 is 4.74 Å². The first-order valence-electron chi connectivity index (χ1n) is 6.91. The van der Waals surface area contributed by atoms with Gasteiger partial charge in [-0.25, -0.2) is 0 Å². The topological polar surface area (TPSA) is 38.5 Å². The van der Waals surface area contributed by atoms with Crippen LogP contribution in [-0.2, 0) is 13.1 Å². The maximum absolute atomic E-state index is 5.73. The summed E-state index contributed by atoms with van der Waals surface area (Å²) >= 11 is 0. The van der Waals surface area contributed by atoms with E-state index in [4.69, 9.17) is 10.5 Å². The summed E-state index contributed by atoms with van der Waals surface area (Å²) in [5.74, 6) is 0.933. The van der Waals surface area contributed by atoms with E-state index < -0.39 is 0 Å². The number of benzene rings is 2. The Labute approximate surface area is 121 Å². The van der Waals surface area contributed by atoms with Gasteiger partial charge in [0.05, 0.1) is 7.11 Å². The predicted molar refractivity (Wildman–Crippen MR) is 82.6 cm³/mol. The number of methoxy groups -OCH3 is 1. The van der Waals surface area contributed by atoms with Crippen LogP contribution >= 0.6 is 0 Å². The Bertz CT molecular complexity index is 513. The normalized spacial score (nSPS) is 10.8. The highest BCUT2D eigenvalue weighted by molar-refractivity contribution is 5.33. The highest BCUT2D eigenvalue weighted by atomic mass is 16.5. The minimum atomic E-state index is 0.655. The van der Waals surface area contributed by atoms with Crippen molar-refractivity contribution in [1.82, 2.24) is 4.90 Å². The summed E-state index contributed by atoms with van der Waals surface area (Å²) in [5.41, 5.74) is 8.23. The van der Waals surface area contributed by atoms with Crippen LogP contribution in [0.3, 0.4) is 0 Å². The van der Waals surface area contributed by atoms with E-state index in [2.05, 4.69) is 35.2 Å². The minimum absolute atomic E-state index is 0.655. The van der Waals surface area contributed by atoms with Crippen LogP contribution in [0.2, 0.25) is 0 Å². The molecule has 0 unspecified atom stereocenters. The van der Waals surface area contributed by atoms with Gasteiger partial charge in [-0.2, -0.15) is 0 Å². The van der Waals surface area contributed by atoms with Crippen LogP contribution in [-0.4, -0.2) is 25.1 Å². The second-order valence-electron chi connectivity index (χ2n) is 4.80. The van der Waals surface area contributed by atoms with Crippen molar-refractivity contribution in [2.24, 2.45) is 5.73 Å². The molecule has 0 saturated heterocycles. The molecule has 3 heteroatoms. The summed E-state index contributed by atoms with van der Waals surface area (Å²) in [5, 5.41) is 0. The Morgan fingerprint density at radius 3 is 2.35 bits per heavy atom. The number of para-hydroxylation sites is 1. The van der Waals surface area contributed by atoms with Gasteiger partial charge in [0.15, 0.2) is 0 Å². The Kier molecular flexibility index (Phi) is 5.59. The molecule has 2 N–H and O–H groups in total. The quantitative estimate of drug-likeness (QED) is 0.840. The van der Waals surface area contributed by atoms with Crippen LogP contribution in [0, 0.1) is 0 Å². The fourth-order valence-corrected chi connectivity index (χ4v) is 2.31. The summed E-state index contributed by atoms with van der Waals surface area (Å²) in [6, 6.07) is 18.6. The van der Waals surface area contributed by atoms with Crippen molar-refractivity contribution in [3.8, 4) is 5.75 Å². The Balaban J connectivity index is 2.09. The lowest BCUT2D eigenvalue weighted by atomic mass is 10.1. The summed E-state index contributed by atoms with van der Waals surface area (Å²) in [4.78, 5) is 2.34. The van der Waals surface area contributed by atoms with E-state index in [1.54, 1.807) is 7.11 Å². The van der Waals surface area contributed by atoms with Gasteiger partial charge in [-0.3, -0.25) is 4.90 Å². The van der Waals surface area contributed by atoms with Gasteiger partial charge in [0, 0.05) is 31.7 Å². The molecule has 0 fully saturated rings. The van der Waals surface area contributed by atoms with E-state index in [9.17, 15) is 0 Å². The van der Waals surface area contributed by atoms with Crippen molar-refractivity contribution in [1.29, 1.82) is 0 Å². The van der Waals surface area contributed by atoms with Crippen LogP contribution in [0.25, 0.3) is 0 Å². The molecule has 0 amide bonds. The lowest BCUT2D eigenvalue weighted by molar-refractivity contribution is 0.259. The van der Waals surface area contributed by atoms with Crippen LogP contribution < -0.4 is 10.5 Å². The third-order valence-electron chi connectivity index (χ3n) is 3.28.